The first-order valence-electron chi connectivity index (χ1n) is 10.8. The summed E-state index contributed by atoms with van der Waals surface area (Å²) in [5.74, 6) is 0.900. The molecule has 156 valence electrons. The molecule has 5 nitrogen and oxygen atoms in total. The summed E-state index contributed by atoms with van der Waals surface area (Å²) >= 11 is 0. The third-order valence-corrected chi connectivity index (χ3v) is 5.85. The van der Waals surface area contributed by atoms with Gasteiger partial charge in [0.05, 0.1) is 5.69 Å². The summed E-state index contributed by atoms with van der Waals surface area (Å²) in [4.78, 5) is 12.5. The molecule has 0 aliphatic carbocycles. The minimum absolute atomic E-state index is 0.00471. The van der Waals surface area contributed by atoms with Crippen molar-refractivity contribution < 1.29 is 4.74 Å². The molecule has 2 aromatic carbocycles. The molecule has 5 heteroatoms. The molecule has 0 saturated heterocycles. The van der Waals surface area contributed by atoms with E-state index in [0.29, 0.717) is 0 Å². The first kappa shape index (κ1) is 19.5. The van der Waals surface area contributed by atoms with Gasteiger partial charge in [0.15, 0.2) is 0 Å². The maximum absolute atomic E-state index is 6.23. The Hall–Kier alpha value is -3.44. The first-order valence-corrected chi connectivity index (χ1v) is 10.8. The van der Waals surface area contributed by atoms with E-state index >= 15 is 0 Å². The molecule has 3 heterocycles. The Kier molecular flexibility index (Phi) is 5.26. The molecule has 1 atom stereocenters. The van der Waals surface area contributed by atoms with E-state index in [4.69, 9.17) is 4.74 Å². The minimum Gasteiger partial charge on any atom is -0.486 e. The van der Waals surface area contributed by atoms with Crippen molar-refractivity contribution in [2.75, 3.05) is 13.1 Å². The van der Waals surface area contributed by atoms with Gasteiger partial charge >= 0.3 is 0 Å². The molecule has 2 aromatic heterocycles. The molecule has 0 unspecified atom stereocenters. The number of hydrogen-bond donors (Lipinski definition) is 2. The normalized spacial score (nSPS) is 15.0. The van der Waals surface area contributed by atoms with Crippen LogP contribution in [0.1, 0.15) is 36.3 Å². The zero-order valence-electron chi connectivity index (χ0n) is 17.9. The highest BCUT2D eigenvalue weighted by atomic mass is 16.5. The fourth-order valence-corrected chi connectivity index (χ4v) is 4.12. The van der Waals surface area contributed by atoms with Crippen LogP contribution in [0.25, 0.3) is 27.9 Å². The largest absolute Gasteiger partial charge is 0.486 e. The number of fused-ring (bicyclic) bond motifs is 1. The van der Waals surface area contributed by atoms with Crippen LogP contribution in [0, 0.1) is 6.92 Å². The fourth-order valence-electron chi connectivity index (χ4n) is 4.12. The average molecular weight is 411 g/mol. The summed E-state index contributed by atoms with van der Waals surface area (Å²) in [5.41, 5.74) is 7.60. The van der Waals surface area contributed by atoms with Gasteiger partial charge in [0.25, 0.3) is 0 Å². The monoisotopic (exact) mass is 410 g/mol. The van der Waals surface area contributed by atoms with Crippen LogP contribution in [0.15, 0.2) is 67.0 Å². The van der Waals surface area contributed by atoms with Crippen LogP contribution in [-0.4, -0.2) is 28.0 Å². The molecule has 0 bridgehead atoms. The maximum atomic E-state index is 6.23. The van der Waals surface area contributed by atoms with Crippen molar-refractivity contribution in [3.05, 3.63) is 83.8 Å². The van der Waals surface area contributed by atoms with Crippen molar-refractivity contribution in [1.29, 1.82) is 0 Å². The molecule has 4 aromatic rings. The Morgan fingerprint density at radius 1 is 1.03 bits per heavy atom. The molecule has 0 amide bonds. The van der Waals surface area contributed by atoms with Gasteiger partial charge < -0.3 is 15.0 Å². The van der Waals surface area contributed by atoms with Gasteiger partial charge in [0.2, 0.25) is 0 Å². The highest BCUT2D eigenvalue weighted by Gasteiger charge is 2.15. The number of aryl methyl sites for hydroxylation is 1. The SMILES string of the molecule is Cc1cc(-c2cc3c(C4=CCNCC4)ncnc3[nH]2)ccc1O[C@@H](C)c1ccccc1. The van der Waals surface area contributed by atoms with E-state index in [9.17, 15) is 0 Å². The van der Waals surface area contributed by atoms with Crippen LogP contribution in [0.3, 0.4) is 0 Å². The second-order valence-electron chi connectivity index (χ2n) is 8.00. The molecule has 31 heavy (non-hydrogen) atoms. The van der Waals surface area contributed by atoms with E-state index in [1.165, 1.54) is 11.1 Å². The van der Waals surface area contributed by atoms with Crippen LogP contribution in [0.5, 0.6) is 5.75 Å². The van der Waals surface area contributed by atoms with Crippen LogP contribution < -0.4 is 10.1 Å². The lowest BCUT2D eigenvalue weighted by molar-refractivity contribution is 0.225. The predicted molar refractivity (Wildman–Crippen MR) is 125 cm³/mol. The average Bonchev–Trinajstić information content (AvgIpc) is 3.26. The Morgan fingerprint density at radius 2 is 1.90 bits per heavy atom. The summed E-state index contributed by atoms with van der Waals surface area (Å²) in [7, 11) is 0. The summed E-state index contributed by atoms with van der Waals surface area (Å²) in [6, 6.07) is 18.8. The van der Waals surface area contributed by atoms with E-state index < -0.39 is 0 Å². The van der Waals surface area contributed by atoms with E-state index in [0.717, 1.165) is 58.8 Å². The number of H-pyrrole nitrogens is 1. The van der Waals surface area contributed by atoms with E-state index in [1.807, 2.05) is 18.2 Å². The number of rotatable bonds is 5. The molecule has 5 rings (SSSR count). The first-order chi connectivity index (χ1) is 15.2. The second-order valence-corrected chi connectivity index (χ2v) is 8.00. The summed E-state index contributed by atoms with van der Waals surface area (Å²) in [6.45, 7) is 6.04. The molecule has 1 aliphatic heterocycles. The van der Waals surface area contributed by atoms with Gasteiger partial charge in [-0.05, 0) is 73.3 Å². The maximum Gasteiger partial charge on any atom is 0.141 e. The fraction of sp³-hybridized carbons (Fsp3) is 0.231. The van der Waals surface area contributed by atoms with Crippen molar-refractivity contribution >= 4 is 16.6 Å². The summed E-state index contributed by atoms with van der Waals surface area (Å²) in [6.07, 6.45) is 4.85. The van der Waals surface area contributed by atoms with Crippen molar-refractivity contribution in [2.45, 2.75) is 26.4 Å². The number of benzene rings is 2. The van der Waals surface area contributed by atoms with Crippen molar-refractivity contribution in [3.63, 3.8) is 0 Å². The summed E-state index contributed by atoms with van der Waals surface area (Å²) < 4.78 is 6.23. The van der Waals surface area contributed by atoms with Gasteiger partial charge in [-0.15, -0.1) is 0 Å². The minimum atomic E-state index is -0.00471. The molecule has 0 radical (unpaired) electrons. The Bertz CT molecular complexity index is 1240. The molecule has 0 saturated carbocycles. The third-order valence-electron chi connectivity index (χ3n) is 5.85. The lowest BCUT2D eigenvalue weighted by Gasteiger charge is -2.17. The van der Waals surface area contributed by atoms with Gasteiger partial charge in [-0.3, -0.25) is 0 Å². The quantitative estimate of drug-likeness (QED) is 0.459. The van der Waals surface area contributed by atoms with Gasteiger partial charge in [-0.25, -0.2) is 9.97 Å². The summed E-state index contributed by atoms with van der Waals surface area (Å²) in [5, 5.41) is 4.43. The molecule has 0 spiro atoms. The zero-order chi connectivity index (χ0) is 21.2. The number of hydrogen-bond acceptors (Lipinski definition) is 4. The van der Waals surface area contributed by atoms with Crippen LogP contribution >= 0.6 is 0 Å². The third kappa shape index (κ3) is 3.97. The van der Waals surface area contributed by atoms with Crippen molar-refractivity contribution in [3.8, 4) is 17.0 Å². The van der Waals surface area contributed by atoms with Gasteiger partial charge in [-0.1, -0.05) is 36.4 Å². The van der Waals surface area contributed by atoms with E-state index in [2.05, 4.69) is 76.6 Å². The van der Waals surface area contributed by atoms with Crippen molar-refractivity contribution in [1.82, 2.24) is 20.3 Å². The Morgan fingerprint density at radius 3 is 2.68 bits per heavy atom. The lowest BCUT2D eigenvalue weighted by atomic mass is 10.0. The zero-order valence-corrected chi connectivity index (χ0v) is 17.9. The molecule has 2 N–H and O–H groups in total. The van der Waals surface area contributed by atoms with Crippen LogP contribution in [0.4, 0.5) is 0 Å². The highest BCUT2D eigenvalue weighted by molar-refractivity contribution is 5.92. The Labute approximate surface area is 182 Å². The number of aromatic nitrogens is 3. The van der Waals surface area contributed by atoms with Gasteiger partial charge in [0.1, 0.15) is 23.8 Å². The van der Waals surface area contributed by atoms with E-state index in [1.54, 1.807) is 6.33 Å². The number of nitrogens with one attached hydrogen (secondary N) is 2. The Balaban J connectivity index is 1.44. The number of ether oxygens (including phenoxy) is 1. The molecule has 1 aliphatic rings. The van der Waals surface area contributed by atoms with Crippen molar-refractivity contribution in [2.24, 2.45) is 0 Å². The number of nitrogens with zero attached hydrogens (tertiary/aromatic N) is 2. The van der Waals surface area contributed by atoms with Gasteiger partial charge in [0, 0.05) is 17.6 Å². The number of aromatic amines is 1. The smallest absolute Gasteiger partial charge is 0.141 e. The second kappa shape index (κ2) is 8.36. The van der Waals surface area contributed by atoms with Gasteiger partial charge in [-0.2, -0.15) is 0 Å². The van der Waals surface area contributed by atoms with Crippen LogP contribution in [0.2, 0.25) is 0 Å². The lowest BCUT2D eigenvalue weighted by Crippen LogP contribution is -2.20. The standard InChI is InChI=1S/C26H26N4O/c1-17-14-21(8-9-24(17)31-18(2)19-6-4-3-5-7-19)23-15-22-25(20-10-12-27-13-11-20)28-16-29-26(22)30-23/h3-10,14-16,18,27H,11-13H2,1-2H3,(H,28,29,30)/t18-/m0/s1. The van der Waals surface area contributed by atoms with E-state index in [-0.39, 0.29) is 6.10 Å². The molecular weight excluding hydrogens is 384 g/mol. The predicted octanol–water partition coefficient (Wildman–Crippen LogP) is 5.45. The molecular formula is C26H26N4O. The molecule has 0 fully saturated rings. The van der Waals surface area contributed by atoms with Crippen LogP contribution in [-0.2, 0) is 0 Å². The highest BCUT2D eigenvalue weighted by Crippen LogP contribution is 2.32. The topological polar surface area (TPSA) is 62.8 Å².